The van der Waals surface area contributed by atoms with E-state index in [1.165, 1.54) is 22.8 Å². The molecule has 1 aromatic carbocycles. The molecule has 0 bridgehead atoms. The first kappa shape index (κ1) is 18.8. The Labute approximate surface area is 160 Å². The highest BCUT2D eigenvalue weighted by molar-refractivity contribution is 9.10. The maximum Gasteiger partial charge on any atom is 0.251 e. The molecule has 1 amide bonds. The van der Waals surface area contributed by atoms with Crippen molar-refractivity contribution in [2.24, 2.45) is 0 Å². The van der Waals surface area contributed by atoms with Gasteiger partial charge >= 0.3 is 0 Å². The molecule has 1 aliphatic rings. The van der Waals surface area contributed by atoms with Crippen molar-refractivity contribution in [2.45, 2.75) is 44.7 Å². The SMILES string of the molecule is O=C(Cn1cc(Br)ccc1=O)N(CCc1ccc(F)cc1)C1CCCC1. The van der Waals surface area contributed by atoms with Crippen molar-refractivity contribution in [2.75, 3.05) is 6.54 Å². The normalized spacial score (nSPS) is 14.5. The van der Waals surface area contributed by atoms with E-state index in [0.717, 1.165) is 35.7 Å². The van der Waals surface area contributed by atoms with E-state index in [1.54, 1.807) is 24.4 Å². The lowest BCUT2D eigenvalue weighted by Gasteiger charge is -2.29. The van der Waals surface area contributed by atoms with E-state index >= 15 is 0 Å². The fourth-order valence-electron chi connectivity index (χ4n) is 3.49. The second-order valence-corrected chi connectivity index (χ2v) is 7.63. The number of rotatable bonds is 6. The Morgan fingerprint density at radius 3 is 2.54 bits per heavy atom. The van der Waals surface area contributed by atoms with E-state index < -0.39 is 0 Å². The maximum absolute atomic E-state index is 13.1. The van der Waals surface area contributed by atoms with Crippen LogP contribution in [0.2, 0.25) is 0 Å². The maximum atomic E-state index is 13.1. The van der Waals surface area contributed by atoms with Gasteiger partial charge in [-0.3, -0.25) is 9.59 Å². The molecule has 26 heavy (non-hydrogen) atoms. The number of nitrogens with zero attached hydrogens (tertiary/aromatic N) is 2. The zero-order valence-electron chi connectivity index (χ0n) is 14.5. The van der Waals surface area contributed by atoms with Crippen molar-refractivity contribution >= 4 is 21.8 Å². The molecular weight excluding hydrogens is 399 g/mol. The average Bonchev–Trinajstić information content (AvgIpc) is 3.14. The second kappa shape index (κ2) is 8.62. The number of halogens is 2. The lowest BCUT2D eigenvalue weighted by Crippen LogP contribution is -2.43. The van der Waals surface area contributed by atoms with Crippen LogP contribution in [0, 0.1) is 5.82 Å². The minimum atomic E-state index is -0.258. The van der Waals surface area contributed by atoms with Crippen molar-refractivity contribution in [1.29, 1.82) is 0 Å². The van der Waals surface area contributed by atoms with Gasteiger partial charge in [-0.2, -0.15) is 0 Å². The summed E-state index contributed by atoms with van der Waals surface area (Å²) in [5, 5.41) is 0. The molecular formula is C20H22BrFN2O2. The Kier molecular flexibility index (Phi) is 6.25. The third-order valence-electron chi connectivity index (χ3n) is 4.89. The van der Waals surface area contributed by atoms with E-state index in [0.29, 0.717) is 13.0 Å². The van der Waals surface area contributed by atoms with Gasteiger partial charge in [-0.15, -0.1) is 0 Å². The van der Waals surface area contributed by atoms with Crippen LogP contribution in [-0.2, 0) is 17.8 Å². The minimum absolute atomic E-state index is 0.0399. The highest BCUT2D eigenvalue weighted by atomic mass is 79.9. The molecule has 6 heteroatoms. The molecule has 1 aromatic heterocycles. The molecule has 1 fully saturated rings. The second-order valence-electron chi connectivity index (χ2n) is 6.72. The van der Waals surface area contributed by atoms with Gasteiger partial charge < -0.3 is 9.47 Å². The van der Waals surface area contributed by atoms with Crippen molar-refractivity contribution in [1.82, 2.24) is 9.47 Å². The van der Waals surface area contributed by atoms with Gasteiger partial charge in [-0.25, -0.2) is 4.39 Å². The van der Waals surface area contributed by atoms with Crippen LogP contribution in [0.3, 0.4) is 0 Å². The molecule has 0 unspecified atom stereocenters. The molecule has 138 valence electrons. The van der Waals surface area contributed by atoms with Gasteiger partial charge in [0, 0.05) is 29.3 Å². The summed E-state index contributed by atoms with van der Waals surface area (Å²) in [6.45, 7) is 0.621. The van der Waals surface area contributed by atoms with E-state index in [1.807, 2.05) is 4.90 Å². The summed E-state index contributed by atoms with van der Waals surface area (Å²) in [5.74, 6) is -0.300. The number of carbonyl (C=O) groups excluding carboxylic acids is 1. The number of amides is 1. The molecule has 1 saturated carbocycles. The predicted molar refractivity (Wildman–Crippen MR) is 102 cm³/mol. The van der Waals surface area contributed by atoms with E-state index in [9.17, 15) is 14.0 Å². The Bertz CT molecular complexity index is 813. The fraction of sp³-hybridized carbons (Fsp3) is 0.400. The molecule has 2 aromatic rings. The number of carbonyl (C=O) groups is 1. The summed E-state index contributed by atoms with van der Waals surface area (Å²) < 4.78 is 15.3. The number of hydrogen-bond acceptors (Lipinski definition) is 2. The largest absolute Gasteiger partial charge is 0.338 e. The molecule has 0 aliphatic heterocycles. The monoisotopic (exact) mass is 420 g/mol. The van der Waals surface area contributed by atoms with Crippen LogP contribution >= 0.6 is 15.9 Å². The highest BCUT2D eigenvalue weighted by Crippen LogP contribution is 2.24. The highest BCUT2D eigenvalue weighted by Gasteiger charge is 2.26. The van der Waals surface area contributed by atoms with Gasteiger partial charge in [-0.1, -0.05) is 25.0 Å². The molecule has 0 N–H and O–H groups in total. The minimum Gasteiger partial charge on any atom is -0.338 e. The van der Waals surface area contributed by atoms with Gasteiger partial charge in [0.1, 0.15) is 12.4 Å². The van der Waals surface area contributed by atoms with Crippen LogP contribution < -0.4 is 5.56 Å². The first-order valence-electron chi connectivity index (χ1n) is 8.93. The van der Waals surface area contributed by atoms with Crippen LogP contribution in [0.1, 0.15) is 31.2 Å². The third-order valence-corrected chi connectivity index (χ3v) is 5.36. The molecule has 0 atom stereocenters. The molecule has 3 rings (SSSR count). The van der Waals surface area contributed by atoms with Gasteiger partial charge in [0.2, 0.25) is 5.91 Å². The predicted octanol–water partition coefficient (Wildman–Crippen LogP) is 3.76. The van der Waals surface area contributed by atoms with E-state index in [-0.39, 0.29) is 29.9 Å². The van der Waals surface area contributed by atoms with E-state index in [2.05, 4.69) is 15.9 Å². The first-order valence-corrected chi connectivity index (χ1v) is 9.72. The summed E-state index contributed by atoms with van der Waals surface area (Å²) in [4.78, 5) is 26.8. The van der Waals surface area contributed by atoms with Crippen LogP contribution in [0.4, 0.5) is 4.39 Å². The summed E-state index contributed by atoms with van der Waals surface area (Å²) >= 11 is 3.34. The number of hydrogen-bond donors (Lipinski definition) is 0. The Balaban J connectivity index is 1.72. The summed E-state index contributed by atoms with van der Waals surface area (Å²) in [6, 6.07) is 9.75. The van der Waals surface area contributed by atoms with Crippen molar-refractivity contribution in [3.8, 4) is 0 Å². The lowest BCUT2D eigenvalue weighted by atomic mass is 10.1. The van der Waals surface area contributed by atoms with Gasteiger partial charge in [0.05, 0.1) is 0 Å². The molecule has 0 saturated heterocycles. The zero-order chi connectivity index (χ0) is 18.5. The zero-order valence-corrected chi connectivity index (χ0v) is 16.1. The van der Waals surface area contributed by atoms with Crippen LogP contribution in [-0.4, -0.2) is 28.0 Å². The number of aromatic nitrogens is 1. The van der Waals surface area contributed by atoms with Crippen molar-refractivity contribution in [3.05, 3.63) is 68.8 Å². The lowest BCUT2D eigenvalue weighted by molar-refractivity contribution is -0.134. The fourth-order valence-corrected chi connectivity index (χ4v) is 3.87. The molecule has 0 radical (unpaired) electrons. The molecule has 4 nitrogen and oxygen atoms in total. The quantitative estimate of drug-likeness (QED) is 0.713. The van der Waals surface area contributed by atoms with Crippen molar-refractivity contribution in [3.63, 3.8) is 0 Å². The Morgan fingerprint density at radius 2 is 1.85 bits per heavy atom. The molecule has 1 aliphatic carbocycles. The topological polar surface area (TPSA) is 42.3 Å². The van der Waals surface area contributed by atoms with Gasteiger partial charge in [0.15, 0.2) is 0 Å². The van der Waals surface area contributed by atoms with Crippen LogP contribution in [0.15, 0.2) is 51.9 Å². The Hall–Kier alpha value is -1.95. The number of benzene rings is 1. The Morgan fingerprint density at radius 1 is 1.15 bits per heavy atom. The number of pyridine rings is 1. The van der Waals surface area contributed by atoms with Crippen molar-refractivity contribution < 1.29 is 9.18 Å². The van der Waals surface area contributed by atoms with Crippen LogP contribution in [0.5, 0.6) is 0 Å². The van der Waals surface area contributed by atoms with E-state index in [4.69, 9.17) is 0 Å². The molecule has 0 spiro atoms. The summed E-state index contributed by atoms with van der Waals surface area (Å²) in [7, 11) is 0. The van der Waals surface area contributed by atoms with Gasteiger partial charge in [-0.05, 0) is 59.0 Å². The standard InChI is InChI=1S/C20H22BrFN2O2/c21-16-7-10-19(25)23(13-16)14-20(26)24(18-3-1-2-4-18)12-11-15-5-8-17(22)9-6-15/h5-10,13,18H,1-4,11-12,14H2. The third kappa shape index (κ3) is 4.81. The molecule has 1 heterocycles. The van der Waals surface area contributed by atoms with Gasteiger partial charge in [0.25, 0.3) is 5.56 Å². The summed E-state index contributed by atoms with van der Waals surface area (Å²) in [5.41, 5.74) is 0.813. The smallest absolute Gasteiger partial charge is 0.251 e. The summed E-state index contributed by atoms with van der Waals surface area (Å²) in [6.07, 6.45) is 6.58. The average molecular weight is 421 g/mol. The van der Waals surface area contributed by atoms with Crippen LogP contribution in [0.25, 0.3) is 0 Å². The first-order chi connectivity index (χ1) is 12.5.